The lowest BCUT2D eigenvalue weighted by Crippen LogP contribution is -2.29. The molecule has 0 aliphatic heterocycles. The van der Waals surface area contributed by atoms with E-state index in [9.17, 15) is 0 Å². The van der Waals surface area contributed by atoms with Gasteiger partial charge in [-0.05, 0) is 38.8 Å². The molecule has 0 saturated heterocycles. The summed E-state index contributed by atoms with van der Waals surface area (Å²) in [6.45, 7) is 9.29. The van der Waals surface area contributed by atoms with E-state index in [1.165, 1.54) is 0 Å². The topological polar surface area (TPSA) is 52.8 Å². The van der Waals surface area contributed by atoms with Gasteiger partial charge in [0.1, 0.15) is 0 Å². The highest BCUT2D eigenvalue weighted by atomic mass is 35.5. The minimum absolute atomic E-state index is 0.0351. The number of anilines is 1. The monoisotopic (exact) mass is 252 g/mol. The Morgan fingerprint density at radius 1 is 1.35 bits per heavy atom. The van der Waals surface area contributed by atoms with E-state index in [-0.39, 0.29) is 5.92 Å². The third-order valence-corrected chi connectivity index (χ3v) is 3.19. The van der Waals surface area contributed by atoms with Gasteiger partial charge in [-0.15, -0.1) is 10.2 Å². The second kappa shape index (κ2) is 5.83. The van der Waals surface area contributed by atoms with Gasteiger partial charge in [-0.1, -0.05) is 11.6 Å². The summed E-state index contributed by atoms with van der Waals surface area (Å²) in [5, 5.41) is 17.4. The van der Waals surface area contributed by atoms with Crippen molar-refractivity contribution in [3.05, 3.63) is 16.3 Å². The third-order valence-electron chi connectivity index (χ3n) is 2.84. The summed E-state index contributed by atoms with van der Waals surface area (Å²) in [7, 11) is 0. The van der Waals surface area contributed by atoms with Crippen LogP contribution in [-0.4, -0.2) is 23.3 Å². The minimum Gasteiger partial charge on any atom is -0.354 e. The van der Waals surface area contributed by atoms with Crippen molar-refractivity contribution in [2.45, 2.75) is 27.7 Å². The van der Waals surface area contributed by atoms with Gasteiger partial charge in [0.25, 0.3) is 0 Å². The molecule has 0 fully saturated rings. The molecule has 0 aliphatic carbocycles. The van der Waals surface area contributed by atoms with E-state index in [2.05, 4.69) is 21.2 Å². The van der Waals surface area contributed by atoms with Crippen LogP contribution in [0, 0.1) is 31.1 Å². The zero-order chi connectivity index (χ0) is 13.0. The van der Waals surface area contributed by atoms with Crippen molar-refractivity contribution in [1.82, 2.24) is 10.2 Å². The van der Waals surface area contributed by atoms with Crippen LogP contribution in [0.4, 0.5) is 5.82 Å². The summed E-state index contributed by atoms with van der Waals surface area (Å²) in [5.41, 5.74) is 1.97. The summed E-state index contributed by atoms with van der Waals surface area (Å²) < 4.78 is 0. The molecule has 17 heavy (non-hydrogen) atoms. The molecule has 0 saturated carbocycles. The number of nitrogens with zero attached hydrogens (tertiary/aromatic N) is 4. The van der Waals surface area contributed by atoms with Crippen molar-refractivity contribution in [2.24, 2.45) is 5.92 Å². The van der Waals surface area contributed by atoms with Gasteiger partial charge in [0.05, 0.1) is 12.0 Å². The van der Waals surface area contributed by atoms with E-state index < -0.39 is 0 Å². The van der Waals surface area contributed by atoms with Crippen molar-refractivity contribution in [3.63, 3.8) is 0 Å². The Kier molecular flexibility index (Phi) is 4.71. The Bertz CT molecular complexity index is 439. The van der Waals surface area contributed by atoms with E-state index >= 15 is 0 Å². The molecule has 92 valence electrons. The Balaban J connectivity index is 3.05. The van der Waals surface area contributed by atoms with Crippen LogP contribution in [0.5, 0.6) is 0 Å². The van der Waals surface area contributed by atoms with Crippen LogP contribution < -0.4 is 4.90 Å². The van der Waals surface area contributed by atoms with Crippen molar-refractivity contribution in [3.8, 4) is 6.07 Å². The molecule has 1 rings (SSSR count). The van der Waals surface area contributed by atoms with Crippen LogP contribution in [0.3, 0.4) is 0 Å². The van der Waals surface area contributed by atoms with Crippen LogP contribution >= 0.6 is 11.6 Å². The largest absolute Gasteiger partial charge is 0.354 e. The third kappa shape index (κ3) is 3.07. The number of hydrogen-bond acceptors (Lipinski definition) is 4. The molecule has 0 amide bonds. The highest BCUT2D eigenvalue weighted by Crippen LogP contribution is 2.24. The summed E-state index contributed by atoms with van der Waals surface area (Å²) in [6.07, 6.45) is 0. The van der Waals surface area contributed by atoms with Crippen LogP contribution in [0.25, 0.3) is 0 Å². The fraction of sp³-hybridized carbons (Fsp3) is 0.583. The highest BCUT2D eigenvalue weighted by molar-refractivity contribution is 6.30. The lowest BCUT2D eigenvalue weighted by Gasteiger charge is -2.24. The first kappa shape index (κ1) is 13.7. The molecule has 0 spiro atoms. The first-order valence-electron chi connectivity index (χ1n) is 5.65. The average molecular weight is 253 g/mol. The molecule has 5 heteroatoms. The number of nitriles is 1. The highest BCUT2D eigenvalue weighted by Gasteiger charge is 2.15. The van der Waals surface area contributed by atoms with Gasteiger partial charge >= 0.3 is 0 Å². The quantitative estimate of drug-likeness (QED) is 0.827. The van der Waals surface area contributed by atoms with Crippen LogP contribution in [-0.2, 0) is 0 Å². The molecule has 1 heterocycles. The fourth-order valence-electron chi connectivity index (χ4n) is 1.60. The van der Waals surface area contributed by atoms with Crippen molar-refractivity contribution >= 4 is 17.4 Å². The Hall–Kier alpha value is -1.34. The first-order valence-corrected chi connectivity index (χ1v) is 6.03. The first-order chi connectivity index (χ1) is 8.01. The van der Waals surface area contributed by atoms with Crippen LogP contribution in [0.2, 0.25) is 5.15 Å². The molecule has 0 N–H and O–H groups in total. The zero-order valence-electron chi connectivity index (χ0n) is 10.7. The maximum absolute atomic E-state index is 8.86. The SMILES string of the molecule is CCN(CC(C)C#N)c1nnc(Cl)c(C)c1C. The van der Waals surface area contributed by atoms with Crippen molar-refractivity contribution < 1.29 is 0 Å². The lowest BCUT2D eigenvalue weighted by atomic mass is 10.1. The normalized spacial score (nSPS) is 12.0. The predicted octanol–water partition coefficient (Wildman–Crippen LogP) is 2.73. The standard InChI is InChI=1S/C12H17ClN4/c1-5-17(7-8(2)6-14)12-10(4)9(3)11(13)15-16-12/h8H,5,7H2,1-4H3. The second-order valence-corrected chi connectivity index (χ2v) is 4.49. The Morgan fingerprint density at radius 2 is 2.00 bits per heavy atom. The molecule has 1 unspecified atom stereocenters. The van der Waals surface area contributed by atoms with Gasteiger partial charge < -0.3 is 4.90 Å². The average Bonchev–Trinajstić information content (AvgIpc) is 2.33. The molecule has 0 radical (unpaired) electrons. The van der Waals surface area contributed by atoms with Gasteiger partial charge in [-0.25, -0.2) is 0 Å². The lowest BCUT2D eigenvalue weighted by molar-refractivity contribution is 0.672. The maximum atomic E-state index is 8.86. The maximum Gasteiger partial charge on any atom is 0.155 e. The molecule has 1 aromatic rings. The predicted molar refractivity (Wildman–Crippen MR) is 69.2 cm³/mol. The zero-order valence-corrected chi connectivity index (χ0v) is 11.4. The molecule has 0 bridgehead atoms. The minimum atomic E-state index is -0.0351. The van der Waals surface area contributed by atoms with Gasteiger partial charge in [0, 0.05) is 13.1 Å². The summed E-state index contributed by atoms with van der Waals surface area (Å²) in [5.74, 6) is 0.781. The van der Waals surface area contributed by atoms with Crippen molar-refractivity contribution in [1.29, 1.82) is 5.26 Å². The van der Waals surface area contributed by atoms with E-state index in [0.29, 0.717) is 11.7 Å². The summed E-state index contributed by atoms with van der Waals surface area (Å²) >= 11 is 5.92. The Morgan fingerprint density at radius 3 is 2.53 bits per heavy atom. The molecule has 1 aromatic heterocycles. The van der Waals surface area contributed by atoms with Crippen LogP contribution in [0.15, 0.2) is 0 Å². The van der Waals surface area contributed by atoms with E-state index in [1.807, 2.05) is 27.7 Å². The Labute approximate surface area is 107 Å². The van der Waals surface area contributed by atoms with Gasteiger partial charge in [-0.3, -0.25) is 0 Å². The molecular weight excluding hydrogens is 236 g/mol. The van der Waals surface area contributed by atoms with Gasteiger partial charge in [0.15, 0.2) is 11.0 Å². The number of aromatic nitrogens is 2. The number of rotatable bonds is 4. The van der Waals surface area contributed by atoms with Gasteiger partial charge in [-0.2, -0.15) is 5.26 Å². The second-order valence-electron chi connectivity index (χ2n) is 4.13. The van der Waals surface area contributed by atoms with Crippen molar-refractivity contribution in [2.75, 3.05) is 18.0 Å². The van der Waals surface area contributed by atoms with E-state index in [0.717, 1.165) is 23.5 Å². The van der Waals surface area contributed by atoms with E-state index in [1.54, 1.807) is 0 Å². The number of hydrogen-bond donors (Lipinski definition) is 0. The van der Waals surface area contributed by atoms with Crippen LogP contribution in [0.1, 0.15) is 25.0 Å². The summed E-state index contributed by atoms with van der Waals surface area (Å²) in [4.78, 5) is 2.06. The molecule has 0 aromatic carbocycles. The molecule has 1 atom stereocenters. The number of halogens is 1. The fourth-order valence-corrected chi connectivity index (χ4v) is 1.78. The summed E-state index contributed by atoms with van der Waals surface area (Å²) in [6, 6.07) is 2.23. The smallest absolute Gasteiger partial charge is 0.155 e. The van der Waals surface area contributed by atoms with E-state index in [4.69, 9.17) is 16.9 Å². The molecular formula is C12H17ClN4. The van der Waals surface area contributed by atoms with Gasteiger partial charge in [0.2, 0.25) is 0 Å². The molecule has 0 aliphatic rings. The molecule has 4 nitrogen and oxygen atoms in total.